The summed E-state index contributed by atoms with van der Waals surface area (Å²) >= 11 is 1.78. The van der Waals surface area contributed by atoms with Crippen LogP contribution in [-0.2, 0) is 6.54 Å². The van der Waals surface area contributed by atoms with Crippen molar-refractivity contribution in [3.05, 3.63) is 22.4 Å². The topological polar surface area (TPSA) is 24.1 Å². The molecular weight excluding hydrogens is 228 g/mol. The highest BCUT2D eigenvalue weighted by molar-refractivity contribution is 7.07. The van der Waals surface area contributed by atoms with Gasteiger partial charge in [0.15, 0.2) is 0 Å². The van der Waals surface area contributed by atoms with Crippen molar-refractivity contribution in [3.8, 4) is 0 Å². The number of thiophene rings is 1. The first-order chi connectivity index (χ1) is 8.34. The SMILES string of the molecule is CC(CC1CCCCCN1)NCc1ccsc1. The summed E-state index contributed by atoms with van der Waals surface area (Å²) in [7, 11) is 0. The van der Waals surface area contributed by atoms with Crippen LogP contribution in [0.25, 0.3) is 0 Å². The summed E-state index contributed by atoms with van der Waals surface area (Å²) in [6.45, 7) is 4.53. The fraction of sp³-hybridized carbons (Fsp3) is 0.714. The fourth-order valence-corrected chi connectivity index (χ4v) is 3.17. The monoisotopic (exact) mass is 252 g/mol. The van der Waals surface area contributed by atoms with Crippen molar-refractivity contribution < 1.29 is 0 Å². The van der Waals surface area contributed by atoms with Crippen LogP contribution in [0.15, 0.2) is 16.8 Å². The molecule has 2 atom stereocenters. The standard InChI is InChI=1S/C14H24N2S/c1-12(16-10-13-6-8-17-11-13)9-14-5-3-2-4-7-15-14/h6,8,11-12,14-16H,2-5,7,9-10H2,1H3. The van der Waals surface area contributed by atoms with E-state index in [0.29, 0.717) is 6.04 Å². The predicted octanol–water partition coefficient (Wildman–Crippen LogP) is 3.15. The molecule has 1 aliphatic heterocycles. The van der Waals surface area contributed by atoms with E-state index in [9.17, 15) is 0 Å². The lowest BCUT2D eigenvalue weighted by Gasteiger charge is -2.21. The highest BCUT2D eigenvalue weighted by Crippen LogP contribution is 2.13. The summed E-state index contributed by atoms with van der Waals surface area (Å²) in [4.78, 5) is 0. The van der Waals surface area contributed by atoms with E-state index in [2.05, 4.69) is 34.4 Å². The largest absolute Gasteiger partial charge is 0.314 e. The summed E-state index contributed by atoms with van der Waals surface area (Å²) < 4.78 is 0. The van der Waals surface area contributed by atoms with E-state index in [1.165, 1.54) is 44.2 Å². The summed E-state index contributed by atoms with van der Waals surface area (Å²) in [6, 6.07) is 3.53. The van der Waals surface area contributed by atoms with E-state index in [-0.39, 0.29) is 0 Å². The molecule has 0 amide bonds. The molecule has 1 saturated heterocycles. The van der Waals surface area contributed by atoms with E-state index in [4.69, 9.17) is 0 Å². The summed E-state index contributed by atoms with van der Waals surface area (Å²) in [5, 5.41) is 11.7. The summed E-state index contributed by atoms with van der Waals surface area (Å²) in [5.74, 6) is 0. The van der Waals surface area contributed by atoms with Gasteiger partial charge in [-0.15, -0.1) is 0 Å². The third kappa shape index (κ3) is 4.78. The van der Waals surface area contributed by atoms with Crippen molar-refractivity contribution >= 4 is 11.3 Å². The molecule has 2 heterocycles. The van der Waals surface area contributed by atoms with Gasteiger partial charge < -0.3 is 10.6 Å². The lowest BCUT2D eigenvalue weighted by atomic mass is 10.0. The van der Waals surface area contributed by atoms with Gasteiger partial charge >= 0.3 is 0 Å². The van der Waals surface area contributed by atoms with Gasteiger partial charge in [-0.3, -0.25) is 0 Å². The van der Waals surface area contributed by atoms with Crippen LogP contribution in [0, 0.1) is 0 Å². The van der Waals surface area contributed by atoms with Crippen LogP contribution in [0.5, 0.6) is 0 Å². The van der Waals surface area contributed by atoms with Crippen molar-refractivity contribution in [2.45, 2.75) is 57.7 Å². The fourth-order valence-electron chi connectivity index (χ4n) is 2.50. The predicted molar refractivity (Wildman–Crippen MR) is 75.5 cm³/mol. The lowest BCUT2D eigenvalue weighted by molar-refractivity contribution is 0.402. The van der Waals surface area contributed by atoms with Gasteiger partial charge in [-0.05, 0) is 55.1 Å². The second kappa shape index (κ2) is 7.14. The Morgan fingerprint density at radius 1 is 1.47 bits per heavy atom. The van der Waals surface area contributed by atoms with Crippen LogP contribution in [-0.4, -0.2) is 18.6 Å². The molecule has 0 bridgehead atoms. The van der Waals surface area contributed by atoms with Gasteiger partial charge in [0, 0.05) is 18.6 Å². The van der Waals surface area contributed by atoms with Gasteiger partial charge in [-0.25, -0.2) is 0 Å². The minimum Gasteiger partial charge on any atom is -0.314 e. The third-order valence-corrected chi connectivity index (χ3v) is 4.27. The molecule has 2 rings (SSSR count). The number of hydrogen-bond acceptors (Lipinski definition) is 3. The van der Waals surface area contributed by atoms with Gasteiger partial charge in [-0.1, -0.05) is 12.8 Å². The average Bonchev–Trinajstić information content (AvgIpc) is 2.72. The van der Waals surface area contributed by atoms with Crippen molar-refractivity contribution in [2.24, 2.45) is 0 Å². The van der Waals surface area contributed by atoms with E-state index in [0.717, 1.165) is 12.6 Å². The lowest BCUT2D eigenvalue weighted by Crippen LogP contribution is -2.36. The Morgan fingerprint density at radius 2 is 2.41 bits per heavy atom. The number of hydrogen-bond donors (Lipinski definition) is 2. The zero-order chi connectivity index (χ0) is 11.9. The quantitative estimate of drug-likeness (QED) is 0.841. The maximum atomic E-state index is 3.67. The molecule has 2 nitrogen and oxygen atoms in total. The Balaban J connectivity index is 1.67. The molecule has 2 unspecified atom stereocenters. The molecule has 1 aliphatic rings. The van der Waals surface area contributed by atoms with Crippen LogP contribution in [0.3, 0.4) is 0 Å². The van der Waals surface area contributed by atoms with Crippen molar-refractivity contribution in [1.29, 1.82) is 0 Å². The molecule has 1 fully saturated rings. The van der Waals surface area contributed by atoms with Gasteiger partial charge in [-0.2, -0.15) is 11.3 Å². The molecule has 1 aromatic rings. The van der Waals surface area contributed by atoms with Crippen LogP contribution in [0.1, 0.15) is 44.6 Å². The number of rotatable bonds is 5. The van der Waals surface area contributed by atoms with E-state index in [1.54, 1.807) is 11.3 Å². The zero-order valence-corrected chi connectivity index (χ0v) is 11.6. The summed E-state index contributed by atoms with van der Waals surface area (Å²) in [6.07, 6.45) is 6.76. The molecule has 0 spiro atoms. The molecule has 17 heavy (non-hydrogen) atoms. The molecule has 0 saturated carbocycles. The molecule has 3 heteroatoms. The molecule has 96 valence electrons. The first-order valence-corrected chi connectivity index (χ1v) is 7.77. The van der Waals surface area contributed by atoms with Gasteiger partial charge in [0.1, 0.15) is 0 Å². The van der Waals surface area contributed by atoms with E-state index in [1.807, 2.05) is 0 Å². The van der Waals surface area contributed by atoms with Crippen LogP contribution >= 0.6 is 11.3 Å². The normalized spacial score (nSPS) is 23.2. The minimum atomic E-state index is 0.602. The second-order valence-electron chi connectivity index (χ2n) is 5.15. The first-order valence-electron chi connectivity index (χ1n) is 6.82. The van der Waals surface area contributed by atoms with Crippen LogP contribution < -0.4 is 10.6 Å². The van der Waals surface area contributed by atoms with Crippen LogP contribution in [0.4, 0.5) is 0 Å². The Labute approximate surface area is 109 Å². The Bertz CT molecular complexity index is 289. The molecule has 1 aromatic heterocycles. The maximum Gasteiger partial charge on any atom is 0.0216 e. The van der Waals surface area contributed by atoms with Gasteiger partial charge in [0.2, 0.25) is 0 Å². The first kappa shape index (κ1) is 13.1. The molecule has 0 aliphatic carbocycles. The van der Waals surface area contributed by atoms with Crippen molar-refractivity contribution in [2.75, 3.05) is 6.54 Å². The third-order valence-electron chi connectivity index (χ3n) is 3.54. The molecule has 2 N–H and O–H groups in total. The highest BCUT2D eigenvalue weighted by atomic mass is 32.1. The van der Waals surface area contributed by atoms with Gasteiger partial charge in [0.25, 0.3) is 0 Å². The summed E-state index contributed by atoms with van der Waals surface area (Å²) in [5.41, 5.74) is 1.41. The Hall–Kier alpha value is -0.380. The van der Waals surface area contributed by atoms with Crippen molar-refractivity contribution in [3.63, 3.8) is 0 Å². The Morgan fingerprint density at radius 3 is 3.24 bits per heavy atom. The smallest absolute Gasteiger partial charge is 0.0216 e. The zero-order valence-electron chi connectivity index (χ0n) is 10.7. The van der Waals surface area contributed by atoms with E-state index < -0.39 is 0 Å². The average molecular weight is 252 g/mol. The van der Waals surface area contributed by atoms with Crippen molar-refractivity contribution in [1.82, 2.24) is 10.6 Å². The molecular formula is C14H24N2S. The van der Waals surface area contributed by atoms with Crippen LogP contribution in [0.2, 0.25) is 0 Å². The highest BCUT2D eigenvalue weighted by Gasteiger charge is 2.14. The molecule has 0 radical (unpaired) electrons. The maximum absolute atomic E-state index is 3.67. The molecule has 0 aromatic carbocycles. The van der Waals surface area contributed by atoms with Gasteiger partial charge in [0.05, 0.1) is 0 Å². The van der Waals surface area contributed by atoms with E-state index >= 15 is 0 Å². The minimum absolute atomic E-state index is 0.602. The second-order valence-corrected chi connectivity index (χ2v) is 5.93. The number of nitrogens with one attached hydrogen (secondary N) is 2. The Kier molecular flexibility index (Phi) is 5.49.